The van der Waals surface area contributed by atoms with Gasteiger partial charge in [0.2, 0.25) is 6.33 Å². The van der Waals surface area contributed by atoms with Crippen molar-refractivity contribution in [2.24, 2.45) is 0 Å². The van der Waals surface area contributed by atoms with Gasteiger partial charge in [-0.2, -0.15) is 0 Å². The SMILES string of the molecule is CCN(C)/C=C\NCCCC[n+]1ccn(CC)c1. The lowest BCUT2D eigenvalue weighted by molar-refractivity contribution is -0.696. The molecule has 0 saturated carbocycles. The van der Waals surface area contributed by atoms with Gasteiger partial charge in [-0.3, -0.25) is 0 Å². The van der Waals surface area contributed by atoms with E-state index in [9.17, 15) is 0 Å². The molecule has 1 heterocycles. The Labute approximate surface area is 111 Å². The van der Waals surface area contributed by atoms with Crippen molar-refractivity contribution in [2.45, 2.75) is 39.8 Å². The monoisotopic (exact) mass is 251 g/mol. The second-order valence-electron chi connectivity index (χ2n) is 4.53. The van der Waals surface area contributed by atoms with Crippen molar-refractivity contribution >= 4 is 0 Å². The van der Waals surface area contributed by atoms with Gasteiger partial charge in [0, 0.05) is 32.5 Å². The molecule has 1 aromatic rings. The average molecular weight is 251 g/mol. The molecular formula is C14H27N4+. The van der Waals surface area contributed by atoms with Crippen LogP contribution in [-0.4, -0.2) is 29.6 Å². The Hall–Kier alpha value is -1.45. The second kappa shape index (κ2) is 8.61. The van der Waals surface area contributed by atoms with Crippen LogP contribution in [-0.2, 0) is 13.1 Å². The van der Waals surface area contributed by atoms with Gasteiger partial charge in [-0.05, 0) is 26.7 Å². The Balaban J connectivity index is 2.03. The second-order valence-corrected chi connectivity index (χ2v) is 4.53. The molecule has 4 heteroatoms. The van der Waals surface area contributed by atoms with Gasteiger partial charge >= 0.3 is 0 Å². The van der Waals surface area contributed by atoms with E-state index in [0.717, 1.165) is 26.2 Å². The average Bonchev–Trinajstić information content (AvgIpc) is 2.85. The van der Waals surface area contributed by atoms with Crippen LogP contribution in [0.15, 0.2) is 31.1 Å². The van der Waals surface area contributed by atoms with Crippen LogP contribution in [0.3, 0.4) is 0 Å². The lowest BCUT2D eigenvalue weighted by atomic mass is 10.3. The molecule has 0 saturated heterocycles. The van der Waals surface area contributed by atoms with Gasteiger partial charge < -0.3 is 10.2 Å². The van der Waals surface area contributed by atoms with Crippen molar-refractivity contribution in [1.82, 2.24) is 14.8 Å². The van der Waals surface area contributed by atoms with Gasteiger partial charge in [-0.15, -0.1) is 0 Å². The van der Waals surface area contributed by atoms with Crippen LogP contribution >= 0.6 is 0 Å². The van der Waals surface area contributed by atoms with E-state index in [-0.39, 0.29) is 0 Å². The van der Waals surface area contributed by atoms with E-state index in [0.29, 0.717) is 0 Å². The van der Waals surface area contributed by atoms with Crippen LogP contribution in [0.2, 0.25) is 0 Å². The van der Waals surface area contributed by atoms with Gasteiger partial charge in [0.25, 0.3) is 0 Å². The van der Waals surface area contributed by atoms with Crippen molar-refractivity contribution in [3.8, 4) is 0 Å². The summed E-state index contributed by atoms with van der Waals surface area (Å²) in [4.78, 5) is 2.15. The van der Waals surface area contributed by atoms with Gasteiger partial charge in [0.15, 0.2) is 0 Å². The molecule has 0 atom stereocenters. The Morgan fingerprint density at radius 2 is 2.17 bits per heavy atom. The van der Waals surface area contributed by atoms with Crippen LogP contribution in [0.5, 0.6) is 0 Å². The third kappa shape index (κ3) is 5.75. The Morgan fingerprint density at radius 3 is 2.83 bits per heavy atom. The smallest absolute Gasteiger partial charge is 0.243 e. The number of aromatic nitrogens is 2. The number of rotatable bonds is 9. The summed E-state index contributed by atoms with van der Waals surface area (Å²) in [6, 6.07) is 0. The summed E-state index contributed by atoms with van der Waals surface area (Å²) in [6.45, 7) is 8.54. The van der Waals surface area contributed by atoms with Crippen LogP contribution in [0, 0.1) is 0 Å². The fourth-order valence-corrected chi connectivity index (χ4v) is 1.65. The molecular weight excluding hydrogens is 224 g/mol. The van der Waals surface area contributed by atoms with Gasteiger partial charge in [-0.1, -0.05) is 0 Å². The summed E-state index contributed by atoms with van der Waals surface area (Å²) in [6.07, 6.45) is 13.0. The quantitative estimate of drug-likeness (QED) is 0.532. The minimum Gasteiger partial charge on any atom is -0.390 e. The number of hydrogen-bond acceptors (Lipinski definition) is 2. The summed E-state index contributed by atoms with van der Waals surface area (Å²) in [5.74, 6) is 0. The van der Waals surface area contributed by atoms with E-state index < -0.39 is 0 Å². The molecule has 0 aliphatic carbocycles. The van der Waals surface area contributed by atoms with Crippen LogP contribution in [0.25, 0.3) is 0 Å². The fourth-order valence-electron chi connectivity index (χ4n) is 1.65. The maximum atomic E-state index is 3.32. The Morgan fingerprint density at radius 1 is 1.33 bits per heavy atom. The van der Waals surface area contributed by atoms with Gasteiger partial charge in [-0.25, -0.2) is 9.13 Å². The fraction of sp³-hybridized carbons (Fsp3) is 0.643. The molecule has 0 aromatic carbocycles. The minimum absolute atomic E-state index is 1.04. The highest BCUT2D eigenvalue weighted by molar-refractivity contribution is 4.77. The topological polar surface area (TPSA) is 24.1 Å². The lowest BCUT2D eigenvalue weighted by Crippen LogP contribution is -2.31. The lowest BCUT2D eigenvalue weighted by Gasteiger charge is -2.09. The molecule has 1 rings (SSSR count). The third-order valence-electron chi connectivity index (χ3n) is 3.04. The van der Waals surface area contributed by atoms with E-state index >= 15 is 0 Å². The standard InChI is InChI=1S/C14H27N4/c1-4-16(3)11-9-15-8-6-7-10-18-13-12-17(5-2)14-18/h9,11-15H,4-8,10H2,1-3H3/q+1/b11-9-. The largest absolute Gasteiger partial charge is 0.390 e. The molecule has 0 spiro atoms. The summed E-state index contributed by atoms with van der Waals surface area (Å²) in [5, 5.41) is 3.32. The first-order chi connectivity index (χ1) is 8.76. The van der Waals surface area contributed by atoms with Gasteiger partial charge in [0.1, 0.15) is 12.4 Å². The predicted octanol–water partition coefficient (Wildman–Crippen LogP) is 1.59. The molecule has 0 fully saturated rings. The summed E-state index contributed by atoms with van der Waals surface area (Å²) < 4.78 is 4.45. The predicted molar refractivity (Wildman–Crippen MR) is 75.0 cm³/mol. The maximum absolute atomic E-state index is 3.32. The first kappa shape index (κ1) is 14.6. The van der Waals surface area contributed by atoms with Crippen molar-refractivity contribution in [3.05, 3.63) is 31.1 Å². The minimum atomic E-state index is 1.04. The van der Waals surface area contributed by atoms with Crippen LogP contribution < -0.4 is 9.88 Å². The molecule has 0 radical (unpaired) electrons. The zero-order valence-corrected chi connectivity index (χ0v) is 12.0. The number of nitrogens with zero attached hydrogens (tertiary/aromatic N) is 3. The van der Waals surface area contributed by atoms with E-state index in [2.05, 4.69) is 65.2 Å². The molecule has 102 valence electrons. The third-order valence-corrected chi connectivity index (χ3v) is 3.04. The molecule has 1 aromatic heterocycles. The van der Waals surface area contributed by atoms with E-state index in [1.807, 2.05) is 6.20 Å². The van der Waals surface area contributed by atoms with Crippen LogP contribution in [0.1, 0.15) is 26.7 Å². The Bertz CT molecular complexity index is 343. The summed E-state index contributed by atoms with van der Waals surface area (Å²) in [7, 11) is 2.08. The highest BCUT2D eigenvalue weighted by atomic mass is 15.1. The zero-order valence-electron chi connectivity index (χ0n) is 12.0. The van der Waals surface area contributed by atoms with E-state index in [1.165, 1.54) is 12.8 Å². The number of nitrogens with one attached hydrogen (secondary N) is 1. The maximum Gasteiger partial charge on any atom is 0.243 e. The molecule has 0 aliphatic heterocycles. The number of imidazole rings is 1. The number of hydrogen-bond donors (Lipinski definition) is 1. The van der Waals surface area contributed by atoms with E-state index in [4.69, 9.17) is 0 Å². The molecule has 0 aliphatic rings. The molecule has 4 nitrogen and oxygen atoms in total. The zero-order chi connectivity index (χ0) is 13.2. The first-order valence-electron chi connectivity index (χ1n) is 6.91. The van der Waals surface area contributed by atoms with Gasteiger partial charge in [0.05, 0.1) is 13.1 Å². The highest BCUT2D eigenvalue weighted by Gasteiger charge is 2.00. The van der Waals surface area contributed by atoms with Crippen molar-refractivity contribution < 1.29 is 4.57 Å². The van der Waals surface area contributed by atoms with Crippen LogP contribution in [0.4, 0.5) is 0 Å². The first-order valence-corrected chi connectivity index (χ1v) is 6.91. The summed E-state index contributed by atoms with van der Waals surface area (Å²) >= 11 is 0. The molecule has 18 heavy (non-hydrogen) atoms. The number of unbranched alkanes of at least 4 members (excludes halogenated alkanes) is 1. The molecule has 0 unspecified atom stereocenters. The van der Waals surface area contributed by atoms with E-state index in [1.54, 1.807) is 0 Å². The molecule has 0 amide bonds. The van der Waals surface area contributed by atoms with Crippen molar-refractivity contribution in [3.63, 3.8) is 0 Å². The summed E-state index contributed by atoms with van der Waals surface area (Å²) in [5.41, 5.74) is 0. The highest BCUT2D eigenvalue weighted by Crippen LogP contribution is 1.89. The Kier molecular flexibility index (Phi) is 6.99. The number of aryl methyl sites for hydroxylation is 2. The normalized spacial score (nSPS) is 11.1. The van der Waals surface area contributed by atoms with Crippen molar-refractivity contribution in [2.75, 3.05) is 20.1 Å². The molecule has 0 bridgehead atoms. The van der Waals surface area contributed by atoms with Crippen molar-refractivity contribution in [1.29, 1.82) is 0 Å². The molecule has 1 N–H and O–H groups in total.